The number of hydrogen-bond acceptors (Lipinski definition) is 6. The quantitative estimate of drug-likeness (QED) is 0.119. The summed E-state index contributed by atoms with van der Waals surface area (Å²) in [6.07, 6.45) is 1.17. The third kappa shape index (κ3) is 5.53. The molecule has 4 aromatic heterocycles. The van der Waals surface area contributed by atoms with E-state index >= 15 is 0 Å². The zero-order valence-electron chi connectivity index (χ0n) is 20.4. The summed E-state index contributed by atoms with van der Waals surface area (Å²) in [4.78, 5) is 19.3. The number of aliphatic hydroxyl groups is 1. The molecule has 187 valence electrons. The maximum Gasteiger partial charge on any atom is 0.217 e. The van der Waals surface area contributed by atoms with Gasteiger partial charge in [0.2, 0.25) is 11.4 Å². The first-order chi connectivity index (χ1) is 17.4. The van der Waals surface area contributed by atoms with Gasteiger partial charge >= 0.3 is 0 Å². The molecule has 0 amide bonds. The van der Waals surface area contributed by atoms with Crippen LogP contribution >= 0.6 is 0 Å². The van der Waals surface area contributed by atoms with E-state index in [2.05, 4.69) is 11.1 Å². The summed E-state index contributed by atoms with van der Waals surface area (Å²) in [5.74, 6) is 0.739. The number of carbonyl (C=O) groups is 1. The second kappa shape index (κ2) is 10.9. The SMILES string of the molecule is CC(=O)/C=C(/C)O.Cc1ccc2c(n1)oc1c(-c3ccc4cc(-c5ccccc5)oc4n3)[c-]ccc12.[Ir]. The van der Waals surface area contributed by atoms with E-state index in [1.165, 1.54) is 19.9 Å². The van der Waals surface area contributed by atoms with Crippen LogP contribution < -0.4 is 0 Å². The van der Waals surface area contributed by atoms with Crippen molar-refractivity contribution in [1.29, 1.82) is 0 Å². The third-order valence-electron chi connectivity index (χ3n) is 5.55. The Balaban J connectivity index is 0.000000356. The average Bonchev–Trinajstić information content (AvgIpc) is 3.44. The minimum absolute atomic E-state index is 0. The van der Waals surface area contributed by atoms with Gasteiger partial charge in [-0.15, -0.1) is 18.2 Å². The molecule has 0 aliphatic carbocycles. The van der Waals surface area contributed by atoms with Gasteiger partial charge in [0.05, 0.1) is 11.3 Å². The van der Waals surface area contributed by atoms with Gasteiger partial charge in [-0.05, 0) is 44.7 Å². The first-order valence-electron chi connectivity index (χ1n) is 11.4. The molecule has 6 aromatic rings. The predicted octanol–water partition coefficient (Wildman–Crippen LogP) is 7.60. The van der Waals surface area contributed by atoms with Gasteiger partial charge in [0, 0.05) is 48.2 Å². The number of fused-ring (bicyclic) bond motifs is 4. The Labute approximate surface area is 227 Å². The number of hydrogen-bond donors (Lipinski definition) is 1. The standard InChI is InChI=1S/C25H15N2O2.C5H8O2.Ir/c1-15-10-12-19-18-8-5-9-20(23(18)29-25(19)26-15)21-13-11-17-14-22(28-24(17)27-21)16-6-3-2-4-7-16;1-4(6)3-5(2)7;/h2-8,10-14H,1H3;3,6H,1-2H3;/q-1;;/b;4-3-;. The number of benzene rings is 2. The molecule has 0 aliphatic heterocycles. The van der Waals surface area contributed by atoms with Crippen LogP contribution in [0.15, 0.2) is 93.5 Å². The molecule has 7 heteroatoms. The minimum Gasteiger partial charge on any atom is -0.512 e. The Bertz CT molecular complexity index is 1750. The Morgan fingerprint density at radius 2 is 1.70 bits per heavy atom. The summed E-state index contributed by atoms with van der Waals surface area (Å²) in [6.45, 7) is 4.80. The molecule has 2 aromatic carbocycles. The van der Waals surface area contributed by atoms with Crippen LogP contribution in [-0.4, -0.2) is 20.9 Å². The Kier molecular flexibility index (Phi) is 7.67. The van der Waals surface area contributed by atoms with Crippen molar-refractivity contribution in [3.8, 4) is 22.6 Å². The molecule has 1 radical (unpaired) electrons. The molecule has 0 unspecified atom stereocenters. The van der Waals surface area contributed by atoms with Crippen LogP contribution in [0.1, 0.15) is 19.5 Å². The van der Waals surface area contributed by atoms with Crippen molar-refractivity contribution < 1.29 is 38.8 Å². The summed E-state index contributed by atoms with van der Waals surface area (Å²) in [7, 11) is 0. The number of nitrogens with zero attached hydrogens (tertiary/aromatic N) is 2. The summed E-state index contributed by atoms with van der Waals surface area (Å²) < 4.78 is 12.1. The number of aliphatic hydroxyl groups excluding tert-OH is 1. The zero-order valence-corrected chi connectivity index (χ0v) is 22.8. The van der Waals surface area contributed by atoms with Crippen molar-refractivity contribution in [2.75, 3.05) is 0 Å². The topological polar surface area (TPSA) is 89.4 Å². The Hall–Kier alpha value is -4.06. The second-order valence-corrected chi connectivity index (χ2v) is 8.47. The molecule has 37 heavy (non-hydrogen) atoms. The van der Waals surface area contributed by atoms with Gasteiger partial charge in [-0.2, -0.15) is 0 Å². The first kappa shape index (κ1) is 26.0. The summed E-state index contributed by atoms with van der Waals surface area (Å²) >= 11 is 0. The van der Waals surface area contributed by atoms with E-state index in [1.807, 2.05) is 79.7 Å². The van der Waals surface area contributed by atoms with E-state index in [4.69, 9.17) is 18.9 Å². The van der Waals surface area contributed by atoms with Crippen LogP contribution in [0.4, 0.5) is 0 Å². The summed E-state index contributed by atoms with van der Waals surface area (Å²) in [6, 6.07) is 27.3. The summed E-state index contributed by atoms with van der Waals surface area (Å²) in [5, 5.41) is 11.3. The zero-order chi connectivity index (χ0) is 25.2. The molecule has 6 rings (SSSR count). The number of furan rings is 2. The van der Waals surface area contributed by atoms with Crippen LogP contribution in [0, 0.1) is 13.0 Å². The van der Waals surface area contributed by atoms with E-state index in [0.717, 1.165) is 50.0 Å². The molecule has 0 aliphatic rings. The van der Waals surface area contributed by atoms with Gasteiger partial charge in [0.25, 0.3) is 0 Å². The van der Waals surface area contributed by atoms with Gasteiger partial charge in [0.15, 0.2) is 5.78 Å². The largest absolute Gasteiger partial charge is 0.512 e. The molecular formula is C30H23IrN2O4-. The summed E-state index contributed by atoms with van der Waals surface area (Å²) in [5.41, 5.74) is 5.47. The van der Waals surface area contributed by atoms with E-state index in [-0.39, 0.29) is 31.6 Å². The van der Waals surface area contributed by atoms with Gasteiger partial charge < -0.3 is 13.9 Å². The molecule has 0 atom stereocenters. The van der Waals surface area contributed by atoms with Crippen molar-refractivity contribution in [3.63, 3.8) is 0 Å². The molecule has 0 saturated heterocycles. The van der Waals surface area contributed by atoms with Gasteiger partial charge in [-0.25, -0.2) is 4.98 Å². The van der Waals surface area contributed by atoms with E-state index in [0.29, 0.717) is 11.4 Å². The third-order valence-corrected chi connectivity index (χ3v) is 5.55. The maximum absolute atomic E-state index is 10.0. The number of carbonyl (C=O) groups excluding carboxylic acids is 1. The van der Waals surface area contributed by atoms with Crippen LogP contribution in [-0.2, 0) is 24.9 Å². The Morgan fingerprint density at radius 1 is 0.919 bits per heavy atom. The predicted molar refractivity (Wildman–Crippen MR) is 141 cm³/mol. The molecule has 0 fully saturated rings. The van der Waals surface area contributed by atoms with Gasteiger partial charge in [0.1, 0.15) is 5.76 Å². The fourth-order valence-electron chi connectivity index (χ4n) is 4.00. The van der Waals surface area contributed by atoms with Gasteiger partial charge in [-0.3, -0.25) is 9.78 Å². The van der Waals surface area contributed by atoms with Crippen LogP contribution in [0.2, 0.25) is 0 Å². The molecule has 0 saturated carbocycles. The molecule has 4 heterocycles. The smallest absolute Gasteiger partial charge is 0.217 e. The number of allylic oxidation sites excluding steroid dienone is 2. The molecule has 0 spiro atoms. The van der Waals surface area contributed by atoms with E-state index in [1.54, 1.807) is 0 Å². The van der Waals surface area contributed by atoms with Crippen molar-refractivity contribution in [2.24, 2.45) is 0 Å². The first-order valence-corrected chi connectivity index (χ1v) is 11.4. The van der Waals surface area contributed by atoms with Crippen molar-refractivity contribution in [2.45, 2.75) is 20.8 Å². The number of aromatic nitrogens is 2. The number of pyridine rings is 2. The number of rotatable bonds is 3. The monoisotopic (exact) mass is 668 g/mol. The van der Waals surface area contributed by atoms with Crippen molar-refractivity contribution in [3.05, 3.63) is 96.4 Å². The minimum atomic E-state index is -0.125. The van der Waals surface area contributed by atoms with E-state index < -0.39 is 0 Å². The Morgan fingerprint density at radius 3 is 2.41 bits per heavy atom. The molecular weight excluding hydrogens is 645 g/mol. The van der Waals surface area contributed by atoms with Crippen molar-refractivity contribution >= 4 is 39.0 Å². The second-order valence-electron chi connectivity index (χ2n) is 8.47. The fraction of sp³-hybridized carbons (Fsp3) is 0.100. The van der Waals surface area contributed by atoms with Gasteiger partial charge in [-0.1, -0.05) is 53.4 Å². The number of ketones is 1. The molecule has 1 N–H and O–H groups in total. The maximum atomic E-state index is 10.0. The van der Waals surface area contributed by atoms with Crippen LogP contribution in [0.5, 0.6) is 0 Å². The average molecular weight is 668 g/mol. The normalized spacial score (nSPS) is 11.3. The van der Waals surface area contributed by atoms with Crippen LogP contribution in [0.3, 0.4) is 0 Å². The number of aryl methyl sites for hydroxylation is 1. The van der Waals surface area contributed by atoms with Crippen molar-refractivity contribution in [1.82, 2.24) is 9.97 Å². The van der Waals surface area contributed by atoms with Crippen LogP contribution in [0.25, 0.3) is 55.7 Å². The molecule has 6 nitrogen and oxygen atoms in total. The molecule has 0 bridgehead atoms. The fourth-order valence-corrected chi connectivity index (χ4v) is 4.00. The van der Waals surface area contributed by atoms with E-state index in [9.17, 15) is 4.79 Å².